The molecule has 0 spiro atoms. The van der Waals surface area contributed by atoms with E-state index in [9.17, 15) is 19.5 Å². The number of amides is 3. The number of hydrogen-bond acceptors (Lipinski definition) is 8. The molecule has 1 aliphatic carbocycles. The SMILES string of the molecule is COC(=O)N1C(=O)[C@@H]2[C@@H](CC(CO[Si](c3ccccc3)(c3ccccc3)C(C)(C)C)=C3[C@@H](CC/C(C)=C/c4ccc(CO)o4)OC[C@@H]32)C1=O. The van der Waals surface area contributed by atoms with Gasteiger partial charge in [-0.3, -0.25) is 9.59 Å². The van der Waals surface area contributed by atoms with Crippen LogP contribution in [0.1, 0.15) is 58.5 Å². The molecule has 6 rings (SSSR count). The van der Waals surface area contributed by atoms with Gasteiger partial charge in [-0.15, -0.1) is 0 Å². The molecule has 3 aromatic rings. The Hall–Kier alpha value is -4.09. The van der Waals surface area contributed by atoms with Gasteiger partial charge in [-0.05, 0) is 71.0 Å². The summed E-state index contributed by atoms with van der Waals surface area (Å²) in [5.74, 6) is -1.61. The Morgan fingerprint density at radius 2 is 1.63 bits per heavy atom. The van der Waals surface area contributed by atoms with Crippen LogP contribution in [-0.2, 0) is 30.1 Å². The first-order valence-electron chi connectivity index (χ1n) is 16.9. The van der Waals surface area contributed by atoms with Crippen LogP contribution in [-0.4, -0.2) is 62.7 Å². The maximum Gasteiger partial charge on any atom is 0.423 e. The number of aliphatic hydroxyl groups excluding tert-OH is 1. The number of likely N-dealkylation sites (tertiary alicyclic amines) is 1. The highest BCUT2D eigenvalue weighted by Crippen LogP contribution is 2.50. The number of furan rings is 1. The molecule has 4 atom stereocenters. The van der Waals surface area contributed by atoms with Gasteiger partial charge in [0.15, 0.2) is 0 Å². The minimum atomic E-state index is -2.93. The van der Waals surface area contributed by atoms with E-state index in [1.165, 1.54) is 7.11 Å². The van der Waals surface area contributed by atoms with Crippen molar-refractivity contribution >= 4 is 42.7 Å². The van der Waals surface area contributed by atoms with Crippen molar-refractivity contribution in [3.63, 3.8) is 0 Å². The van der Waals surface area contributed by atoms with Crippen LogP contribution in [0.15, 0.2) is 93.9 Å². The molecule has 3 amide bonds. The van der Waals surface area contributed by atoms with Crippen LogP contribution in [0.3, 0.4) is 0 Å². The minimum Gasteiger partial charge on any atom is -0.459 e. The highest BCUT2D eigenvalue weighted by molar-refractivity contribution is 6.99. The van der Waals surface area contributed by atoms with Gasteiger partial charge in [-0.2, -0.15) is 4.90 Å². The average molecular weight is 684 g/mol. The molecule has 0 radical (unpaired) electrons. The number of hydrogen-bond donors (Lipinski definition) is 1. The van der Waals surface area contributed by atoms with Crippen LogP contribution in [0.25, 0.3) is 6.08 Å². The van der Waals surface area contributed by atoms with Crippen LogP contribution < -0.4 is 10.4 Å². The summed E-state index contributed by atoms with van der Waals surface area (Å²) in [5, 5.41) is 11.4. The van der Waals surface area contributed by atoms with Gasteiger partial charge >= 0.3 is 6.09 Å². The summed E-state index contributed by atoms with van der Waals surface area (Å²) < 4.78 is 24.3. The summed E-state index contributed by atoms with van der Waals surface area (Å²) >= 11 is 0. The number of benzene rings is 2. The Kier molecular flexibility index (Phi) is 9.95. The Morgan fingerprint density at radius 1 is 0.980 bits per heavy atom. The number of fused-ring (bicyclic) bond motifs is 3. The monoisotopic (exact) mass is 683 g/mol. The number of imide groups is 3. The van der Waals surface area contributed by atoms with Gasteiger partial charge in [0, 0.05) is 5.92 Å². The molecule has 1 N–H and O–H groups in total. The molecule has 9 nitrogen and oxygen atoms in total. The first-order chi connectivity index (χ1) is 23.5. The number of rotatable bonds is 10. The van der Waals surface area contributed by atoms with Crippen LogP contribution >= 0.6 is 0 Å². The third-order valence-corrected chi connectivity index (χ3v) is 15.3. The van der Waals surface area contributed by atoms with Crippen molar-refractivity contribution in [3.05, 3.63) is 101 Å². The van der Waals surface area contributed by atoms with E-state index in [0.29, 0.717) is 35.7 Å². The van der Waals surface area contributed by atoms with Crippen LogP contribution in [0, 0.1) is 17.8 Å². The van der Waals surface area contributed by atoms with E-state index in [-0.39, 0.29) is 36.9 Å². The summed E-state index contributed by atoms with van der Waals surface area (Å²) in [5.41, 5.74) is 3.06. The Balaban J connectivity index is 1.38. The van der Waals surface area contributed by atoms with E-state index in [1.54, 1.807) is 6.07 Å². The molecular formula is C39H45NO8Si. The number of ether oxygens (including phenoxy) is 2. The molecule has 0 unspecified atom stereocenters. The molecular weight excluding hydrogens is 639 g/mol. The highest BCUT2D eigenvalue weighted by atomic mass is 28.4. The van der Waals surface area contributed by atoms with E-state index < -0.39 is 38.1 Å². The van der Waals surface area contributed by atoms with Crippen molar-refractivity contribution in [1.29, 1.82) is 0 Å². The predicted molar refractivity (Wildman–Crippen MR) is 187 cm³/mol. The lowest BCUT2D eigenvalue weighted by Gasteiger charge is -2.44. The predicted octanol–water partition coefficient (Wildman–Crippen LogP) is 5.61. The van der Waals surface area contributed by atoms with Gasteiger partial charge in [-0.25, -0.2) is 4.79 Å². The summed E-state index contributed by atoms with van der Waals surface area (Å²) in [7, 11) is -1.75. The Bertz CT molecular complexity index is 1720. The largest absolute Gasteiger partial charge is 0.459 e. The topological polar surface area (TPSA) is 116 Å². The minimum absolute atomic E-state index is 0.159. The van der Waals surface area contributed by atoms with Crippen molar-refractivity contribution in [2.24, 2.45) is 17.8 Å². The van der Waals surface area contributed by atoms with Crippen LogP contribution in [0.5, 0.6) is 0 Å². The van der Waals surface area contributed by atoms with E-state index in [1.807, 2.05) is 55.5 Å². The van der Waals surface area contributed by atoms with E-state index >= 15 is 0 Å². The number of carbonyl (C=O) groups excluding carboxylic acids is 3. The van der Waals surface area contributed by atoms with Crippen molar-refractivity contribution in [2.45, 2.75) is 64.7 Å². The first-order valence-corrected chi connectivity index (χ1v) is 18.8. The van der Waals surface area contributed by atoms with Gasteiger partial charge in [-0.1, -0.05) is 87.0 Å². The molecule has 3 heterocycles. The number of methoxy groups -OCH3 is 1. The number of aliphatic hydroxyl groups is 1. The van der Waals surface area contributed by atoms with Crippen molar-refractivity contribution in [2.75, 3.05) is 20.3 Å². The molecule has 49 heavy (non-hydrogen) atoms. The second-order valence-electron chi connectivity index (χ2n) is 14.2. The van der Waals surface area contributed by atoms with Crippen LogP contribution in [0.4, 0.5) is 4.79 Å². The maximum atomic E-state index is 13.7. The summed E-state index contributed by atoms with van der Waals surface area (Å²) in [6.07, 6.45) is 2.38. The van der Waals surface area contributed by atoms with Gasteiger partial charge in [0.25, 0.3) is 8.32 Å². The van der Waals surface area contributed by atoms with E-state index in [2.05, 4.69) is 45.0 Å². The third-order valence-electron chi connectivity index (χ3n) is 10.3. The zero-order chi connectivity index (χ0) is 34.9. The summed E-state index contributed by atoms with van der Waals surface area (Å²) in [6.45, 7) is 9.09. The second-order valence-corrected chi connectivity index (χ2v) is 18.6. The molecule has 10 heteroatoms. The molecule has 2 fully saturated rings. The first kappa shape index (κ1) is 34.8. The van der Waals surface area contributed by atoms with Crippen molar-refractivity contribution < 1.29 is 37.8 Å². The summed E-state index contributed by atoms with van der Waals surface area (Å²) in [4.78, 5) is 40.6. The van der Waals surface area contributed by atoms with Crippen molar-refractivity contribution in [3.8, 4) is 0 Å². The smallest absolute Gasteiger partial charge is 0.423 e. The molecule has 2 aromatic carbocycles. The van der Waals surface area contributed by atoms with E-state index in [4.69, 9.17) is 18.3 Å². The Morgan fingerprint density at radius 3 is 2.20 bits per heavy atom. The fourth-order valence-electron chi connectivity index (χ4n) is 8.06. The number of nitrogens with zero attached hydrogens (tertiary/aromatic N) is 1. The lowest BCUT2D eigenvalue weighted by molar-refractivity contribution is -0.137. The average Bonchev–Trinajstić information content (AvgIpc) is 3.80. The molecule has 0 bridgehead atoms. The van der Waals surface area contributed by atoms with Crippen LogP contribution in [0.2, 0.25) is 5.04 Å². The normalized spacial score (nSPS) is 22.8. The summed E-state index contributed by atoms with van der Waals surface area (Å²) in [6, 6.07) is 24.4. The lowest BCUT2D eigenvalue weighted by Crippen LogP contribution is -2.66. The zero-order valence-electron chi connectivity index (χ0n) is 28.8. The molecule has 3 aliphatic rings. The molecule has 0 saturated carbocycles. The van der Waals surface area contributed by atoms with Gasteiger partial charge in [0.1, 0.15) is 18.1 Å². The number of carbonyl (C=O) groups is 3. The third kappa shape index (κ3) is 6.38. The standard InChI is InChI=1S/C39H45NO8Si/c1-25(20-27-17-18-28(22-41)48-27)16-19-33-34-26(21-31-35(32(34)24-46-33)37(43)40(36(31)42)38(44)45-5)23-47-49(39(2,3)4,29-12-8-6-9-13-29)30-14-10-7-11-15-30/h6-15,17-18,20,31-33,35,41H,16,19,21-24H2,1-5H3/b25-20+/t31-,32+,33-,35-/m1/s1. The maximum absolute atomic E-state index is 13.7. The fraction of sp³-hybridized carbons (Fsp3) is 0.410. The van der Waals surface area contributed by atoms with Gasteiger partial charge in [0.05, 0.1) is 38.3 Å². The molecule has 258 valence electrons. The molecule has 1 aromatic heterocycles. The number of allylic oxidation sites excluding steroid dienone is 1. The fourth-order valence-corrected chi connectivity index (χ4v) is 12.6. The van der Waals surface area contributed by atoms with Crippen molar-refractivity contribution in [1.82, 2.24) is 4.90 Å². The van der Waals surface area contributed by atoms with E-state index in [0.717, 1.165) is 27.1 Å². The van der Waals surface area contributed by atoms with Gasteiger partial charge < -0.3 is 23.4 Å². The lowest BCUT2D eigenvalue weighted by atomic mass is 9.69. The van der Waals surface area contributed by atoms with Gasteiger partial charge in [0.2, 0.25) is 11.8 Å². The second kappa shape index (κ2) is 14.0. The zero-order valence-corrected chi connectivity index (χ0v) is 29.8. The molecule has 2 saturated heterocycles. The highest BCUT2D eigenvalue weighted by Gasteiger charge is 2.59. The Labute approximate surface area is 288 Å². The quantitative estimate of drug-likeness (QED) is 0.167. The molecule has 2 aliphatic heterocycles.